The number of aromatic nitrogens is 2. The van der Waals surface area contributed by atoms with E-state index in [9.17, 15) is 0 Å². The molecule has 1 atom stereocenters. The first-order valence-electron chi connectivity index (χ1n) is 9.06. The lowest BCUT2D eigenvalue weighted by Crippen LogP contribution is -2.54. The fourth-order valence-electron chi connectivity index (χ4n) is 3.20. The Morgan fingerprint density at radius 1 is 1.12 bits per heavy atom. The number of ether oxygens (including phenoxy) is 1. The number of anilines is 1. The van der Waals surface area contributed by atoms with Crippen LogP contribution in [0.25, 0.3) is 0 Å². The average molecular weight is 344 g/mol. The van der Waals surface area contributed by atoms with Crippen LogP contribution in [0.3, 0.4) is 0 Å². The van der Waals surface area contributed by atoms with E-state index in [1.165, 1.54) is 5.56 Å². The Bertz CT molecular complexity index is 650. The lowest BCUT2D eigenvalue weighted by Gasteiger charge is -2.40. The molecule has 0 spiro atoms. The molecule has 1 aliphatic rings. The van der Waals surface area contributed by atoms with Crippen molar-refractivity contribution in [2.24, 2.45) is 0 Å². The first-order valence-corrected chi connectivity index (χ1v) is 9.06. The second kappa shape index (κ2) is 7.97. The lowest BCUT2D eigenvalue weighted by atomic mass is 9.88. The number of nitrogens with one attached hydrogen (secondary N) is 2. The maximum atomic E-state index is 5.58. The molecule has 1 aliphatic heterocycles. The highest BCUT2D eigenvalue weighted by atomic mass is 16.5. The van der Waals surface area contributed by atoms with Crippen molar-refractivity contribution in [3.8, 4) is 0 Å². The smallest absolute Gasteiger partial charge is 0.321 e. The van der Waals surface area contributed by atoms with Gasteiger partial charge in [-0.3, -0.25) is 0 Å². The van der Waals surface area contributed by atoms with E-state index in [-0.39, 0.29) is 17.5 Å². The monoisotopic (exact) mass is 344 g/mol. The van der Waals surface area contributed by atoms with Gasteiger partial charge in [0.15, 0.2) is 5.82 Å². The molecule has 1 aromatic carbocycles. The van der Waals surface area contributed by atoms with Gasteiger partial charge in [0.05, 0.1) is 0 Å². The Labute approximate surface area is 149 Å². The molecule has 25 heavy (non-hydrogen) atoms. The van der Waals surface area contributed by atoms with Gasteiger partial charge in [-0.05, 0) is 25.3 Å². The topological polar surface area (TPSA) is 72.2 Å². The molecule has 0 aliphatic carbocycles. The Kier molecular flexibility index (Phi) is 5.71. The van der Waals surface area contributed by atoms with Crippen molar-refractivity contribution >= 4 is 6.01 Å². The molecule has 2 N–H and O–H groups in total. The van der Waals surface area contributed by atoms with Crippen LogP contribution in [-0.4, -0.2) is 35.4 Å². The van der Waals surface area contributed by atoms with Gasteiger partial charge in [0.2, 0.25) is 0 Å². The van der Waals surface area contributed by atoms with Crippen molar-refractivity contribution < 1.29 is 9.26 Å². The maximum absolute atomic E-state index is 5.58. The largest absolute Gasteiger partial charge is 0.381 e. The molecule has 0 radical (unpaired) electrons. The Hall–Kier alpha value is -1.92. The summed E-state index contributed by atoms with van der Waals surface area (Å²) in [7, 11) is 0. The third-order valence-electron chi connectivity index (χ3n) is 4.81. The van der Waals surface area contributed by atoms with Crippen LogP contribution in [0.15, 0.2) is 34.9 Å². The molecule has 1 unspecified atom stereocenters. The van der Waals surface area contributed by atoms with E-state index < -0.39 is 0 Å². The highest BCUT2D eigenvalue weighted by Gasteiger charge is 2.34. The Morgan fingerprint density at radius 2 is 1.84 bits per heavy atom. The SMILES string of the molecule is CC(C)c1noc(NCC2(NC(C)c3ccccc3)CCOCC2)n1. The molecule has 0 saturated carbocycles. The molecule has 1 fully saturated rings. The van der Waals surface area contributed by atoms with Crippen LogP contribution >= 0.6 is 0 Å². The fraction of sp³-hybridized carbons (Fsp3) is 0.579. The summed E-state index contributed by atoms with van der Waals surface area (Å²) >= 11 is 0. The van der Waals surface area contributed by atoms with Crippen molar-refractivity contribution in [3.05, 3.63) is 41.7 Å². The summed E-state index contributed by atoms with van der Waals surface area (Å²) in [6.45, 7) is 8.56. The Balaban J connectivity index is 1.67. The minimum atomic E-state index is -0.0556. The van der Waals surface area contributed by atoms with E-state index in [0.717, 1.165) is 38.4 Å². The van der Waals surface area contributed by atoms with Crippen LogP contribution in [0, 0.1) is 0 Å². The van der Waals surface area contributed by atoms with E-state index in [4.69, 9.17) is 9.26 Å². The van der Waals surface area contributed by atoms with Gasteiger partial charge in [-0.1, -0.05) is 49.3 Å². The van der Waals surface area contributed by atoms with Crippen molar-refractivity contribution in [2.45, 2.75) is 51.1 Å². The van der Waals surface area contributed by atoms with E-state index in [1.807, 2.05) is 6.07 Å². The van der Waals surface area contributed by atoms with Crippen LogP contribution in [0.5, 0.6) is 0 Å². The van der Waals surface area contributed by atoms with Gasteiger partial charge in [0.1, 0.15) is 0 Å². The van der Waals surface area contributed by atoms with E-state index in [0.29, 0.717) is 6.01 Å². The minimum absolute atomic E-state index is 0.0556. The molecule has 1 saturated heterocycles. The molecule has 0 amide bonds. The predicted octanol–water partition coefficient (Wildman–Crippen LogP) is 3.50. The number of nitrogens with zero attached hydrogens (tertiary/aromatic N) is 2. The van der Waals surface area contributed by atoms with Crippen molar-refractivity contribution in [2.75, 3.05) is 25.1 Å². The molecule has 2 heterocycles. The molecule has 6 heteroatoms. The third-order valence-corrected chi connectivity index (χ3v) is 4.81. The van der Waals surface area contributed by atoms with Gasteiger partial charge in [-0.2, -0.15) is 4.98 Å². The van der Waals surface area contributed by atoms with Crippen LogP contribution in [-0.2, 0) is 4.74 Å². The highest BCUT2D eigenvalue weighted by molar-refractivity contribution is 5.23. The van der Waals surface area contributed by atoms with Crippen LogP contribution in [0.1, 0.15) is 57.0 Å². The van der Waals surface area contributed by atoms with Crippen molar-refractivity contribution in [1.82, 2.24) is 15.5 Å². The molecule has 136 valence electrons. The number of hydrogen-bond donors (Lipinski definition) is 2. The van der Waals surface area contributed by atoms with Crippen LogP contribution in [0.4, 0.5) is 6.01 Å². The van der Waals surface area contributed by atoms with Gasteiger partial charge >= 0.3 is 6.01 Å². The summed E-state index contributed by atoms with van der Waals surface area (Å²) in [4.78, 5) is 4.41. The summed E-state index contributed by atoms with van der Waals surface area (Å²) in [5.74, 6) is 0.988. The molecular formula is C19H28N4O2. The first kappa shape index (κ1) is 17.9. The molecule has 1 aromatic heterocycles. The zero-order valence-electron chi connectivity index (χ0n) is 15.3. The summed E-state index contributed by atoms with van der Waals surface area (Å²) < 4.78 is 10.9. The summed E-state index contributed by atoms with van der Waals surface area (Å²) in [5, 5.41) is 11.2. The summed E-state index contributed by atoms with van der Waals surface area (Å²) in [6.07, 6.45) is 1.89. The Morgan fingerprint density at radius 3 is 2.48 bits per heavy atom. The zero-order valence-corrected chi connectivity index (χ0v) is 15.3. The molecule has 3 rings (SSSR count). The second-order valence-electron chi connectivity index (χ2n) is 7.14. The van der Waals surface area contributed by atoms with Gasteiger partial charge in [-0.15, -0.1) is 0 Å². The molecule has 2 aromatic rings. The predicted molar refractivity (Wildman–Crippen MR) is 97.7 cm³/mol. The van der Waals surface area contributed by atoms with Crippen LogP contribution < -0.4 is 10.6 Å². The summed E-state index contributed by atoms with van der Waals surface area (Å²) in [6, 6.07) is 11.3. The first-order chi connectivity index (χ1) is 12.1. The average Bonchev–Trinajstić information content (AvgIpc) is 3.11. The van der Waals surface area contributed by atoms with Crippen LogP contribution in [0.2, 0.25) is 0 Å². The normalized spacial score (nSPS) is 18.2. The van der Waals surface area contributed by atoms with E-state index in [1.54, 1.807) is 0 Å². The maximum Gasteiger partial charge on any atom is 0.321 e. The fourth-order valence-corrected chi connectivity index (χ4v) is 3.20. The van der Waals surface area contributed by atoms with E-state index >= 15 is 0 Å². The standard InChI is InChI=1S/C19H28N4O2/c1-14(2)17-21-18(25-23-17)20-13-19(9-11-24-12-10-19)22-15(3)16-7-5-4-6-8-16/h4-8,14-15,22H,9-13H2,1-3H3,(H,20,21,23). The molecule has 6 nitrogen and oxygen atoms in total. The number of benzene rings is 1. The second-order valence-corrected chi connectivity index (χ2v) is 7.14. The molecule has 0 bridgehead atoms. The van der Waals surface area contributed by atoms with Gasteiger partial charge in [0, 0.05) is 37.3 Å². The van der Waals surface area contributed by atoms with Gasteiger partial charge in [0.25, 0.3) is 0 Å². The number of rotatable bonds is 7. The molecular weight excluding hydrogens is 316 g/mol. The van der Waals surface area contributed by atoms with Crippen molar-refractivity contribution in [1.29, 1.82) is 0 Å². The minimum Gasteiger partial charge on any atom is -0.381 e. The quantitative estimate of drug-likeness (QED) is 0.801. The van der Waals surface area contributed by atoms with Gasteiger partial charge < -0.3 is 19.9 Å². The third kappa shape index (κ3) is 4.58. The lowest BCUT2D eigenvalue weighted by molar-refractivity contribution is 0.0387. The zero-order chi connectivity index (χ0) is 17.7. The van der Waals surface area contributed by atoms with Gasteiger partial charge in [-0.25, -0.2) is 0 Å². The summed E-state index contributed by atoms with van der Waals surface area (Å²) in [5.41, 5.74) is 1.23. The highest BCUT2D eigenvalue weighted by Crippen LogP contribution is 2.26. The van der Waals surface area contributed by atoms with Crippen molar-refractivity contribution in [3.63, 3.8) is 0 Å². The number of hydrogen-bond acceptors (Lipinski definition) is 6. The van der Waals surface area contributed by atoms with E-state index in [2.05, 4.69) is 65.8 Å².